The maximum Gasteiger partial charge on any atom is 0.108 e. The molecule has 19 heavy (non-hydrogen) atoms. The van der Waals surface area contributed by atoms with Crippen molar-refractivity contribution in [2.24, 2.45) is 12.9 Å². The molecule has 2 rings (SSSR count). The van der Waals surface area contributed by atoms with E-state index in [1.807, 2.05) is 29.9 Å². The lowest BCUT2D eigenvalue weighted by atomic mass is 10.0. The third-order valence-corrected chi connectivity index (χ3v) is 3.86. The molecule has 0 saturated carbocycles. The van der Waals surface area contributed by atoms with E-state index in [9.17, 15) is 0 Å². The molecule has 3 N–H and O–H groups in total. The second kappa shape index (κ2) is 6.39. The Hall–Kier alpha value is -1.07. The Balaban J connectivity index is 2.07. The number of rotatable bonds is 5. The van der Waals surface area contributed by atoms with Crippen molar-refractivity contribution in [1.82, 2.24) is 15.0 Å². The number of hydrogen-bond acceptors (Lipinski definition) is 3. The molecule has 0 amide bonds. The van der Waals surface area contributed by atoms with Crippen molar-refractivity contribution >= 4 is 23.2 Å². The van der Waals surface area contributed by atoms with Crippen molar-refractivity contribution in [2.45, 2.75) is 18.9 Å². The molecule has 0 aliphatic heterocycles. The number of aromatic nitrogens is 2. The van der Waals surface area contributed by atoms with Gasteiger partial charge in [-0.2, -0.15) is 0 Å². The van der Waals surface area contributed by atoms with Crippen LogP contribution in [0.5, 0.6) is 0 Å². The summed E-state index contributed by atoms with van der Waals surface area (Å²) in [6, 6.07) is 5.57. The molecule has 1 aromatic carbocycles. The number of aryl methyl sites for hydroxylation is 2. The van der Waals surface area contributed by atoms with Gasteiger partial charge in [-0.1, -0.05) is 29.3 Å². The molecule has 4 nitrogen and oxygen atoms in total. The van der Waals surface area contributed by atoms with Gasteiger partial charge in [0, 0.05) is 31.9 Å². The Labute approximate surface area is 122 Å². The minimum absolute atomic E-state index is 0.0199. The molecule has 0 bridgehead atoms. The number of hydrogen-bond donors (Lipinski definition) is 2. The van der Waals surface area contributed by atoms with Crippen molar-refractivity contribution in [3.05, 3.63) is 52.0 Å². The maximum absolute atomic E-state index is 6.02. The fourth-order valence-corrected chi connectivity index (χ4v) is 2.29. The highest BCUT2D eigenvalue weighted by molar-refractivity contribution is 6.42. The topological polar surface area (TPSA) is 55.9 Å². The van der Waals surface area contributed by atoms with Crippen LogP contribution in [0.25, 0.3) is 0 Å². The van der Waals surface area contributed by atoms with Crippen LogP contribution in [0, 0.1) is 0 Å². The van der Waals surface area contributed by atoms with Crippen LogP contribution in [0.1, 0.15) is 23.9 Å². The van der Waals surface area contributed by atoms with E-state index in [4.69, 9.17) is 29.0 Å². The fraction of sp³-hybridized carbons (Fsp3) is 0.308. The number of benzene rings is 1. The summed E-state index contributed by atoms with van der Waals surface area (Å²) < 4.78 is 2.00. The van der Waals surface area contributed by atoms with Crippen molar-refractivity contribution in [2.75, 3.05) is 0 Å². The standard InChI is InChI=1S/C13H16Cl2N4/c1-19-7-6-17-13(19)5-4-12(18-16)9-2-3-10(14)11(15)8-9/h2-3,6-8,12,18H,4-5,16H2,1H3. The van der Waals surface area contributed by atoms with Crippen molar-refractivity contribution in [3.8, 4) is 0 Å². The molecule has 0 spiro atoms. The Morgan fingerprint density at radius 1 is 1.37 bits per heavy atom. The fourth-order valence-electron chi connectivity index (χ4n) is 1.99. The summed E-state index contributed by atoms with van der Waals surface area (Å²) in [5.74, 6) is 6.65. The second-order valence-corrected chi connectivity index (χ2v) is 5.20. The van der Waals surface area contributed by atoms with Crippen LogP contribution >= 0.6 is 23.2 Å². The normalized spacial score (nSPS) is 12.6. The van der Waals surface area contributed by atoms with Gasteiger partial charge in [0.1, 0.15) is 5.82 Å². The first-order valence-corrected chi connectivity index (χ1v) is 6.74. The van der Waals surface area contributed by atoms with Crippen LogP contribution in [-0.4, -0.2) is 9.55 Å². The first kappa shape index (κ1) is 14.3. The van der Waals surface area contributed by atoms with E-state index in [-0.39, 0.29) is 6.04 Å². The van der Waals surface area contributed by atoms with Gasteiger partial charge in [-0.3, -0.25) is 11.3 Å². The van der Waals surface area contributed by atoms with E-state index >= 15 is 0 Å². The predicted molar refractivity (Wildman–Crippen MR) is 78.1 cm³/mol. The minimum atomic E-state index is 0.0199. The second-order valence-electron chi connectivity index (χ2n) is 4.39. The van der Waals surface area contributed by atoms with Gasteiger partial charge < -0.3 is 4.57 Å². The monoisotopic (exact) mass is 298 g/mol. The molecule has 1 heterocycles. The summed E-state index contributed by atoms with van der Waals surface area (Å²) in [5.41, 5.74) is 3.83. The lowest BCUT2D eigenvalue weighted by Gasteiger charge is -2.16. The Bertz CT molecular complexity index is 553. The highest BCUT2D eigenvalue weighted by Crippen LogP contribution is 2.27. The zero-order chi connectivity index (χ0) is 13.8. The molecule has 1 aromatic heterocycles. The van der Waals surface area contributed by atoms with E-state index in [0.717, 1.165) is 24.2 Å². The molecule has 0 fully saturated rings. The van der Waals surface area contributed by atoms with Gasteiger partial charge in [0.15, 0.2) is 0 Å². The third kappa shape index (κ3) is 3.48. The van der Waals surface area contributed by atoms with Crippen LogP contribution in [0.2, 0.25) is 10.0 Å². The van der Waals surface area contributed by atoms with Crippen molar-refractivity contribution in [3.63, 3.8) is 0 Å². The van der Waals surface area contributed by atoms with E-state index in [0.29, 0.717) is 10.0 Å². The summed E-state index contributed by atoms with van der Waals surface area (Å²) >= 11 is 11.9. The third-order valence-electron chi connectivity index (χ3n) is 3.12. The molecule has 0 aliphatic rings. The van der Waals surface area contributed by atoms with Crippen LogP contribution < -0.4 is 11.3 Å². The van der Waals surface area contributed by atoms with E-state index in [2.05, 4.69) is 10.4 Å². The Kier molecular flexibility index (Phi) is 4.82. The first-order chi connectivity index (χ1) is 9.11. The SMILES string of the molecule is Cn1ccnc1CCC(NN)c1ccc(Cl)c(Cl)c1. The summed E-state index contributed by atoms with van der Waals surface area (Å²) in [4.78, 5) is 4.29. The van der Waals surface area contributed by atoms with E-state index in [1.54, 1.807) is 12.3 Å². The largest absolute Gasteiger partial charge is 0.338 e. The van der Waals surface area contributed by atoms with Crippen LogP contribution in [0.3, 0.4) is 0 Å². The van der Waals surface area contributed by atoms with E-state index in [1.165, 1.54) is 0 Å². The lowest BCUT2D eigenvalue weighted by molar-refractivity contribution is 0.506. The van der Waals surface area contributed by atoms with Crippen LogP contribution in [-0.2, 0) is 13.5 Å². The molecule has 1 atom stereocenters. The van der Waals surface area contributed by atoms with Gasteiger partial charge in [-0.15, -0.1) is 0 Å². The number of imidazole rings is 1. The highest BCUT2D eigenvalue weighted by Gasteiger charge is 2.12. The smallest absolute Gasteiger partial charge is 0.108 e. The average Bonchev–Trinajstić information content (AvgIpc) is 2.80. The van der Waals surface area contributed by atoms with Gasteiger partial charge in [0.25, 0.3) is 0 Å². The number of nitrogens with one attached hydrogen (secondary N) is 1. The molecular weight excluding hydrogens is 283 g/mol. The molecule has 0 radical (unpaired) electrons. The summed E-state index contributed by atoms with van der Waals surface area (Å²) in [5, 5.41) is 1.08. The predicted octanol–water partition coefficient (Wildman–Crippen LogP) is 2.86. The highest BCUT2D eigenvalue weighted by atomic mass is 35.5. The van der Waals surface area contributed by atoms with Gasteiger partial charge in [0.2, 0.25) is 0 Å². The molecule has 0 saturated heterocycles. The van der Waals surface area contributed by atoms with Gasteiger partial charge in [-0.05, 0) is 24.1 Å². The summed E-state index contributed by atoms with van der Waals surface area (Å²) in [7, 11) is 1.98. The molecule has 2 aromatic rings. The van der Waals surface area contributed by atoms with Gasteiger partial charge in [-0.25, -0.2) is 4.98 Å². The number of halogens is 2. The number of nitrogens with zero attached hydrogens (tertiary/aromatic N) is 2. The average molecular weight is 299 g/mol. The molecule has 0 aliphatic carbocycles. The zero-order valence-electron chi connectivity index (χ0n) is 10.6. The van der Waals surface area contributed by atoms with Gasteiger partial charge in [0.05, 0.1) is 10.0 Å². The summed E-state index contributed by atoms with van der Waals surface area (Å²) in [6.07, 6.45) is 5.39. The summed E-state index contributed by atoms with van der Waals surface area (Å²) in [6.45, 7) is 0. The van der Waals surface area contributed by atoms with Crippen molar-refractivity contribution < 1.29 is 0 Å². The minimum Gasteiger partial charge on any atom is -0.338 e. The molecule has 6 heteroatoms. The Morgan fingerprint density at radius 2 is 2.16 bits per heavy atom. The van der Waals surface area contributed by atoms with Crippen molar-refractivity contribution in [1.29, 1.82) is 0 Å². The Morgan fingerprint density at radius 3 is 2.74 bits per heavy atom. The van der Waals surface area contributed by atoms with Gasteiger partial charge >= 0.3 is 0 Å². The molecular formula is C13H16Cl2N4. The molecule has 1 unspecified atom stereocenters. The first-order valence-electron chi connectivity index (χ1n) is 5.99. The van der Waals surface area contributed by atoms with Crippen LogP contribution in [0.4, 0.5) is 0 Å². The number of nitrogens with two attached hydrogens (primary N) is 1. The zero-order valence-corrected chi connectivity index (χ0v) is 12.1. The quantitative estimate of drug-likeness (QED) is 0.659. The number of hydrazine groups is 1. The van der Waals surface area contributed by atoms with Crippen LogP contribution in [0.15, 0.2) is 30.6 Å². The maximum atomic E-state index is 6.02. The molecule has 102 valence electrons. The van der Waals surface area contributed by atoms with E-state index < -0.39 is 0 Å². The lowest BCUT2D eigenvalue weighted by Crippen LogP contribution is -2.28.